The fourth-order valence-corrected chi connectivity index (χ4v) is 3.45. The van der Waals surface area contributed by atoms with Crippen LogP contribution in [0.3, 0.4) is 0 Å². The van der Waals surface area contributed by atoms with Crippen molar-refractivity contribution in [3.05, 3.63) is 94.0 Å². The lowest BCUT2D eigenvalue weighted by Crippen LogP contribution is -2.29. The smallest absolute Gasteiger partial charge is 0.338 e. The number of anilines is 2. The topological polar surface area (TPSA) is 107 Å². The molecule has 0 unspecified atom stereocenters. The van der Waals surface area contributed by atoms with Crippen molar-refractivity contribution < 1.29 is 23.9 Å². The van der Waals surface area contributed by atoms with Gasteiger partial charge in [0.2, 0.25) is 0 Å². The number of nitrogens with zero attached hydrogens (tertiary/aromatic N) is 1. The highest BCUT2D eigenvalue weighted by molar-refractivity contribution is 6.39. The van der Waals surface area contributed by atoms with Crippen molar-refractivity contribution in [3.8, 4) is 0 Å². The van der Waals surface area contributed by atoms with Crippen LogP contribution in [0.2, 0.25) is 5.02 Å². The second-order valence-electron chi connectivity index (χ2n) is 6.78. The van der Waals surface area contributed by atoms with Gasteiger partial charge in [0.1, 0.15) is 0 Å². The molecule has 3 aromatic rings. The number of hydrogen-bond acceptors (Lipinski definition) is 6. The molecule has 8 heteroatoms. The summed E-state index contributed by atoms with van der Waals surface area (Å²) in [5.74, 6) is -2.35. The van der Waals surface area contributed by atoms with Gasteiger partial charge >= 0.3 is 5.97 Å². The Kier molecular flexibility index (Phi) is 5.27. The van der Waals surface area contributed by atoms with E-state index in [1.54, 1.807) is 42.5 Å². The third-order valence-electron chi connectivity index (χ3n) is 4.76. The standard InChI is InChI=1S/C23H15ClN2O5/c24-18-6-1-2-7-19(18)26-21(28)16-9-8-14(11-17(16)22(26)29)23(30)31-12-20(27)13-4-3-5-15(25)10-13/h1-11H,12,25H2. The van der Waals surface area contributed by atoms with Crippen molar-refractivity contribution in [1.29, 1.82) is 0 Å². The van der Waals surface area contributed by atoms with Crippen LogP contribution < -0.4 is 10.6 Å². The normalized spacial score (nSPS) is 12.6. The Hall–Kier alpha value is -3.97. The molecule has 31 heavy (non-hydrogen) atoms. The third kappa shape index (κ3) is 3.78. The molecule has 0 bridgehead atoms. The van der Waals surface area contributed by atoms with E-state index in [1.807, 2.05) is 0 Å². The van der Waals surface area contributed by atoms with Gasteiger partial charge in [-0.05, 0) is 42.5 Å². The first-order chi connectivity index (χ1) is 14.9. The Bertz CT molecular complexity index is 1250. The third-order valence-corrected chi connectivity index (χ3v) is 5.08. The van der Waals surface area contributed by atoms with Gasteiger partial charge in [-0.2, -0.15) is 0 Å². The van der Waals surface area contributed by atoms with E-state index in [4.69, 9.17) is 22.1 Å². The first-order valence-corrected chi connectivity index (χ1v) is 9.58. The van der Waals surface area contributed by atoms with E-state index in [2.05, 4.69) is 0 Å². The number of nitrogen functional groups attached to an aromatic ring is 1. The summed E-state index contributed by atoms with van der Waals surface area (Å²) in [4.78, 5) is 51.1. The van der Waals surface area contributed by atoms with E-state index in [9.17, 15) is 19.2 Å². The average Bonchev–Trinajstić information content (AvgIpc) is 3.02. The van der Waals surface area contributed by atoms with Crippen LogP contribution >= 0.6 is 11.6 Å². The predicted octanol–water partition coefficient (Wildman–Crippen LogP) is 3.76. The molecule has 1 aliphatic heterocycles. The molecule has 4 rings (SSSR count). The summed E-state index contributed by atoms with van der Waals surface area (Å²) < 4.78 is 5.08. The van der Waals surface area contributed by atoms with Gasteiger partial charge in [-0.1, -0.05) is 35.9 Å². The Labute approximate surface area is 182 Å². The van der Waals surface area contributed by atoms with Gasteiger partial charge in [-0.25, -0.2) is 9.69 Å². The Morgan fingerprint density at radius 3 is 2.35 bits per heavy atom. The summed E-state index contributed by atoms with van der Waals surface area (Å²) in [6.07, 6.45) is 0. The van der Waals surface area contributed by atoms with Crippen LogP contribution in [0.25, 0.3) is 0 Å². The molecule has 0 fully saturated rings. The highest BCUT2D eigenvalue weighted by Gasteiger charge is 2.38. The van der Waals surface area contributed by atoms with E-state index >= 15 is 0 Å². The number of rotatable bonds is 5. The first kappa shape index (κ1) is 20.3. The van der Waals surface area contributed by atoms with E-state index in [1.165, 1.54) is 24.3 Å². The number of imide groups is 1. The van der Waals surface area contributed by atoms with Crippen LogP contribution in [0.4, 0.5) is 11.4 Å². The summed E-state index contributed by atoms with van der Waals surface area (Å²) >= 11 is 6.13. The molecule has 1 heterocycles. The number of para-hydroxylation sites is 1. The maximum absolute atomic E-state index is 12.8. The molecule has 0 aliphatic carbocycles. The lowest BCUT2D eigenvalue weighted by Gasteiger charge is -2.15. The zero-order chi connectivity index (χ0) is 22.1. The Morgan fingerprint density at radius 1 is 0.871 bits per heavy atom. The van der Waals surface area contributed by atoms with Gasteiger partial charge in [-0.15, -0.1) is 0 Å². The number of benzene rings is 3. The number of amides is 2. The fraction of sp³-hybridized carbons (Fsp3) is 0.0435. The maximum Gasteiger partial charge on any atom is 0.338 e. The lowest BCUT2D eigenvalue weighted by atomic mass is 10.1. The Balaban J connectivity index is 1.52. The molecule has 0 saturated heterocycles. The second kappa shape index (κ2) is 8.04. The zero-order valence-corrected chi connectivity index (χ0v) is 16.8. The molecule has 7 nitrogen and oxygen atoms in total. The SMILES string of the molecule is Nc1cccc(C(=O)COC(=O)c2ccc3c(c2)C(=O)N(c2ccccc2Cl)C3=O)c1. The summed E-state index contributed by atoms with van der Waals surface area (Å²) in [6.45, 7) is -0.488. The minimum absolute atomic E-state index is 0.0429. The Morgan fingerprint density at radius 2 is 1.61 bits per heavy atom. The molecule has 154 valence electrons. The monoisotopic (exact) mass is 434 g/mol. The van der Waals surface area contributed by atoms with Crippen molar-refractivity contribution >= 4 is 46.5 Å². The van der Waals surface area contributed by atoms with Gasteiger partial charge in [0.05, 0.1) is 27.4 Å². The molecule has 0 aromatic heterocycles. The van der Waals surface area contributed by atoms with E-state index in [0.29, 0.717) is 11.3 Å². The summed E-state index contributed by atoms with van der Waals surface area (Å²) in [6, 6.07) is 16.8. The highest BCUT2D eigenvalue weighted by Crippen LogP contribution is 2.33. The summed E-state index contributed by atoms with van der Waals surface area (Å²) in [7, 11) is 0. The van der Waals surface area contributed by atoms with E-state index in [-0.39, 0.29) is 27.4 Å². The zero-order valence-electron chi connectivity index (χ0n) is 16.0. The van der Waals surface area contributed by atoms with Crippen LogP contribution in [-0.2, 0) is 4.74 Å². The number of ether oxygens (including phenoxy) is 1. The summed E-state index contributed by atoms with van der Waals surface area (Å²) in [5, 5.41) is 0.247. The number of ketones is 1. The molecule has 0 spiro atoms. The van der Waals surface area contributed by atoms with Gasteiger partial charge in [-0.3, -0.25) is 14.4 Å². The van der Waals surface area contributed by atoms with E-state index in [0.717, 1.165) is 4.90 Å². The fourth-order valence-electron chi connectivity index (χ4n) is 3.23. The molecule has 1 aliphatic rings. The summed E-state index contributed by atoms with van der Waals surface area (Å²) in [5.41, 5.74) is 6.89. The largest absolute Gasteiger partial charge is 0.454 e. The number of halogens is 1. The lowest BCUT2D eigenvalue weighted by molar-refractivity contribution is 0.0474. The highest BCUT2D eigenvalue weighted by atomic mass is 35.5. The minimum Gasteiger partial charge on any atom is -0.454 e. The number of esters is 1. The van der Waals surface area contributed by atoms with Crippen molar-refractivity contribution in [3.63, 3.8) is 0 Å². The van der Waals surface area contributed by atoms with Crippen LogP contribution in [-0.4, -0.2) is 30.2 Å². The predicted molar refractivity (Wildman–Crippen MR) is 115 cm³/mol. The van der Waals surface area contributed by atoms with Crippen molar-refractivity contribution in [1.82, 2.24) is 0 Å². The van der Waals surface area contributed by atoms with Crippen molar-refractivity contribution in [2.24, 2.45) is 0 Å². The number of Topliss-reactive ketones (excluding diaryl/α,β-unsaturated/α-hetero) is 1. The van der Waals surface area contributed by atoms with Crippen molar-refractivity contribution in [2.45, 2.75) is 0 Å². The number of hydrogen-bond donors (Lipinski definition) is 1. The number of carbonyl (C=O) groups excluding carboxylic acids is 4. The minimum atomic E-state index is -0.795. The second-order valence-corrected chi connectivity index (χ2v) is 7.19. The van der Waals surface area contributed by atoms with E-state index < -0.39 is 30.2 Å². The van der Waals surface area contributed by atoms with Gasteiger partial charge in [0.25, 0.3) is 11.8 Å². The van der Waals surface area contributed by atoms with Crippen LogP contribution in [0.15, 0.2) is 66.7 Å². The number of nitrogens with two attached hydrogens (primary N) is 1. The molecule has 0 atom stereocenters. The molecular formula is C23H15ClN2O5. The molecule has 2 N–H and O–H groups in total. The molecule has 2 amide bonds. The van der Waals surface area contributed by atoms with Crippen LogP contribution in [0.5, 0.6) is 0 Å². The molecule has 3 aromatic carbocycles. The van der Waals surface area contributed by atoms with Crippen molar-refractivity contribution in [2.75, 3.05) is 17.2 Å². The number of fused-ring (bicyclic) bond motifs is 1. The van der Waals surface area contributed by atoms with Gasteiger partial charge < -0.3 is 10.5 Å². The molecule has 0 saturated carbocycles. The van der Waals surface area contributed by atoms with Crippen LogP contribution in [0, 0.1) is 0 Å². The average molecular weight is 435 g/mol. The van der Waals surface area contributed by atoms with Gasteiger partial charge in [0, 0.05) is 11.3 Å². The van der Waals surface area contributed by atoms with Crippen LogP contribution in [0.1, 0.15) is 41.4 Å². The molecular weight excluding hydrogens is 420 g/mol. The maximum atomic E-state index is 12.8. The van der Waals surface area contributed by atoms with Gasteiger partial charge in [0.15, 0.2) is 12.4 Å². The first-order valence-electron chi connectivity index (χ1n) is 9.20. The number of carbonyl (C=O) groups is 4. The quantitative estimate of drug-likeness (QED) is 0.283. The molecule has 0 radical (unpaired) electrons.